The average Bonchev–Trinajstić information content (AvgIpc) is 3.26. The molecule has 5 aromatic rings. The standard InChI is InChI=1S/C34H25NO5/c36-20-19-23-15-17-26(18-16-23)35-33(37)29-30(34(35)38)32(40-22-25-11-5-2-6-12-25)28-14-8-7-13-27(28)31(29)39-21-24-9-3-1-4-10-24/h1-18,20H,19,21-22H2. The number of benzene rings is 5. The van der Waals surface area contributed by atoms with Gasteiger partial charge in [-0.05, 0) is 28.8 Å². The molecule has 0 saturated carbocycles. The molecule has 0 bridgehead atoms. The second-order valence-corrected chi connectivity index (χ2v) is 9.49. The molecule has 1 aliphatic rings. The van der Waals surface area contributed by atoms with Crippen molar-refractivity contribution < 1.29 is 23.9 Å². The highest BCUT2D eigenvalue weighted by Crippen LogP contribution is 2.46. The van der Waals surface area contributed by atoms with E-state index in [4.69, 9.17) is 9.47 Å². The molecule has 0 atom stereocenters. The lowest BCUT2D eigenvalue weighted by Gasteiger charge is -2.17. The molecule has 196 valence electrons. The molecule has 0 radical (unpaired) electrons. The molecule has 0 aliphatic carbocycles. The number of hydrogen-bond acceptors (Lipinski definition) is 5. The van der Waals surface area contributed by atoms with Gasteiger partial charge in [0.2, 0.25) is 0 Å². The molecule has 0 saturated heterocycles. The molecule has 5 aromatic carbocycles. The topological polar surface area (TPSA) is 72.9 Å². The van der Waals surface area contributed by atoms with Crippen molar-refractivity contribution >= 4 is 34.6 Å². The molecule has 0 N–H and O–H groups in total. The van der Waals surface area contributed by atoms with Crippen LogP contribution in [0, 0.1) is 0 Å². The van der Waals surface area contributed by atoms with Crippen molar-refractivity contribution in [1.29, 1.82) is 0 Å². The maximum absolute atomic E-state index is 14.0. The number of imide groups is 1. The summed E-state index contributed by atoms with van der Waals surface area (Å²) in [5.41, 5.74) is 3.43. The summed E-state index contributed by atoms with van der Waals surface area (Å²) in [6, 6.07) is 33.6. The Labute approximate surface area is 231 Å². The SMILES string of the molecule is O=CCc1ccc(N2C(=O)c3c(c(OCc4ccccc4)c4ccccc4c3OCc3ccccc3)C2=O)cc1. The third-order valence-electron chi connectivity index (χ3n) is 6.92. The summed E-state index contributed by atoms with van der Waals surface area (Å²) in [5.74, 6) is -0.275. The Morgan fingerprint density at radius 3 is 1.45 bits per heavy atom. The lowest BCUT2D eigenvalue weighted by atomic mass is 9.98. The number of aldehydes is 1. The van der Waals surface area contributed by atoms with Crippen LogP contribution in [0.25, 0.3) is 10.8 Å². The first-order valence-corrected chi connectivity index (χ1v) is 13.0. The van der Waals surface area contributed by atoms with Gasteiger partial charge in [-0.1, -0.05) is 97.1 Å². The molecule has 0 aromatic heterocycles. The summed E-state index contributed by atoms with van der Waals surface area (Å²) >= 11 is 0. The zero-order valence-electron chi connectivity index (χ0n) is 21.6. The molecule has 1 aliphatic heterocycles. The van der Waals surface area contributed by atoms with Gasteiger partial charge in [-0.2, -0.15) is 0 Å². The monoisotopic (exact) mass is 527 g/mol. The fourth-order valence-corrected chi connectivity index (χ4v) is 4.97. The number of hydrogen-bond donors (Lipinski definition) is 0. The van der Waals surface area contributed by atoms with Crippen LogP contribution in [0.15, 0.2) is 109 Å². The highest BCUT2D eigenvalue weighted by Gasteiger charge is 2.43. The minimum atomic E-state index is -0.485. The van der Waals surface area contributed by atoms with Gasteiger partial charge < -0.3 is 14.3 Å². The van der Waals surface area contributed by atoms with Crippen molar-refractivity contribution in [2.45, 2.75) is 19.6 Å². The Morgan fingerprint density at radius 2 is 1.00 bits per heavy atom. The maximum atomic E-state index is 14.0. The van der Waals surface area contributed by atoms with Gasteiger partial charge in [0.15, 0.2) is 0 Å². The van der Waals surface area contributed by atoms with E-state index in [1.807, 2.05) is 84.9 Å². The van der Waals surface area contributed by atoms with Crippen LogP contribution in [-0.2, 0) is 24.4 Å². The van der Waals surface area contributed by atoms with Gasteiger partial charge in [0.05, 0.1) is 16.8 Å². The smallest absolute Gasteiger partial charge is 0.270 e. The minimum absolute atomic E-state index is 0.180. The Hall–Kier alpha value is -5.23. The molecular formula is C34H25NO5. The zero-order valence-corrected chi connectivity index (χ0v) is 21.6. The van der Waals surface area contributed by atoms with Gasteiger partial charge in [0.25, 0.3) is 11.8 Å². The summed E-state index contributed by atoms with van der Waals surface area (Å²) in [5, 5.41) is 1.37. The summed E-state index contributed by atoms with van der Waals surface area (Å²) in [4.78, 5) is 40.2. The molecule has 0 fully saturated rings. The zero-order chi connectivity index (χ0) is 27.5. The van der Waals surface area contributed by atoms with Crippen LogP contribution in [-0.4, -0.2) is 18.1 Å². The van der Waals surface area contributed by atoms with E-state index >= 15 is 0 Å². The molecule has 1 heterocycles. The minimum Gasteiger partial charge on any atom is -0.487 e. The Bertz CT molecular complexity index is 1610. The van der Waals surface area contributed by atoms with Gasteiger partial charge in [0, 0.05) is 17.2 Å². The summed E-state index contributed by atoms with van der Waals surface area (Å²) in [7, 11) is 0. The van der Waals surface area contributed by atoms with Gasteiger partial charge in [-0.15, -0.1) is 0 Å². The van der Waals surface area contributed by atoms with Gasteiger partial charge >= 0.3 is 0 Å². The molecule has 6 nitrogen and oxygen atoms in total. The largest absolute Gasteiger partial charge is 0.487 e. The van der Waals surface area contributed by atoms with Gasteiger partial charge in [-0.3, -0.25) is 9.59 Å². The predicted octanol–water partition coefficient (Wildman–Crippen LogP) is 6.54. The van der Waals surface area contributed by atoms with Crippen LogP contribution in [0.1, 0.15) is 37.4 Å². The van der Waals surface area contributed by atoms with Crippen LogP contribution in [0.4, 0.5) is 5.69 Å². The third kappa shape index (κ3) is 4.60. The fourth-order valence-electron chi connectivity index (χ4n) is 4.97. The number of carbonyl (C=O) groups excluding carboxylic acids is 3. The number of carbonyl (C=O) groups is 3. The second-order valence-electron chi connectivity index (χ2n) is 9.49. The van der Waals surface area contributed by atoms with Crippen LogP contribution in [0.3, 0.4) is 0 Å². The van der Waals surface area contributed by atoms with Crippen LogP contribution in [0.2, 0.25) is 0 Å². The Balaban J connectivity index is 1.49. The van der Waals surface area contributed by atoms with Crippen LogP contribution >= 0.6 is 0 Å². The van der Waals surface area contributed by atoms with E-state index in [1.54, 1.807) is 24.3 Å². The van der Waals surface area contributed by atoms with E-state index < -0.39 is 11.8 Å². The molecule has 6 rings (SSSR count). The number of amides is 2. The molecule has 0 spiro atoms. The normalized spacial score (nSPS) is 12.4. The number of fused-ring (bicyclic) bond motifs is 2. The maximum Gasteiger partial charge on any atom is 0.270 e. The lowest BCUT2D eigenvalue weighted by Crippen LogP contribution is -2.29. The van der Waals surface area contributed by atoms with Crippen molar-refractivity contribution in [1.82, 2.24) is 0 Å². The van der Waals surface area contributed by atoms with E-state index in [0.29, 0.717) is 28.0 Å². The Morgan fingerprint density at radius 1 is 0.550 bits per heavy atom. The van der Waals surface area contributed by atoms with E-state index in [2.05, 4.69) is 0 Å². The first-order chi connectivity index (χ1) is 19.7. The predicted molar refractivity (Wildman–Crippen MR) is 153 cm³/mol. The highest BCUT2D eigenvalue weighted by atomic mass is 16.5. The van der Waals surface area contributed by atoms with Crippen molar-refractivity contribution in [2.75, 3.05) is 4.90 Å². The second kappa shape index (κ2) is 10.9. The van der Waals surface area contributed by atoms with E-state index in [9.17, 15) is 14.4 Å². The van der Waals surface area contributed by atoms with Crippen molar-refractivity contribution in [3.05, 3.63) is 137 Å². The van der Waals surface area contributed by atoms with Crippen molar-refractivity contribution in [2.24, 2.45) is 0 Å². The molecular weight excluding hydrogens is 502 g/mol. The van der Waals surface area contributed by atoms with E-state index in [-0.39, 0.29) is 30.8 Å². The molecule has 40 heavy (non-hydrogen) atoms. The molecule has 6 heteroatoms. The first kappa shape index (κ1) is 25.1. The van der Waals surface area contributed by atoms with Crippen molar-refractivity contribution in [3.63, 3.8) is 0 Å². The van der Waals surface area contributed by atoms with Gasteiger partial charge in [0.1, 0.15) is 31.0 Å². The number of anilines is 1. The van der Waals surface area contributed by atoms with Crippen molar-refractivity contribution in [3.8, 4) is 11.5 Å². The quantitative estimate of drug-likeness (QED) is 0.161. The van der Waals surface area contributed by atoms with Crippen LogP contribution in [0.5, 0.6) is 11.5 Å². The summed E-state index contributed by atoms with van der Waals surface area (Å²) < 4.78 is 12.7. The lowest BCUT2D eigenvalue weighted by molar-refractivity contribution is -0.107. The van der Waals surface area contributed by atoms with Gasteiger partial charge in [-0.25, -0.2) is 4.90 Å². The van der Waals surface area contributed by atoms with E-state index in [1.165, 1.54) is 0 Å². The molecule has 2 amide bonds. The molecule has 0 unspecified atom stereocenters. The summed E-state index contributed by atoms with van der Waals surface area (Å²) in [6.07, 6.45) is 1.07. The first-order valence-electron chi connectivity index (χ1n) is 13.0. The number of nitrogens with zero attached hydrogens (tertiary/aromatic N) is 1. The average molecular weight is 528 g/mol. The summed E-state index contributed by atoms with van der Waals surface area (Å²) in [6.45, 7) is 0.451. The van der Waals surface area contributed by atoms with Crippen LogP contribution < -0.4 is 14.4 Å². The Kier molecular flexibility index (Phi) is 6.81. The fraction of sp³-hybridized carbons (Fsp3) is 0.0882. The third-order valence-corrected chi connectivity index (χ3v) is 6.92. The highest BCUT2D eigenvalue weighted by molar-refractivity contribution is 6.38. The van der Waals surface area contributed by atoms with E-state index in [0.717, 1.165) is 27.9 Å². The number of ether oxygens (including phenoxy) is 2. The number of rotatable bonds is 9.